The Balaban J connectivity index is 1.56. The summed E-state index contributed by atoms with van der Waals surface area (Å²) >= 11 is 0. The molecule has 0 radical (unpaired) electrons. The van der Waals surface area contributed by atoms with Crippen LogP contribution in [0, 0.1) is 10.4 Å². The standard InChI is InChI=1S/C20H29N5O5/c1-22-18(15-19(26)23(2)20(22)27)21-9-6-10-24(28)11-13-25(29,14-12-24)16-7-4-5-8-17(16)30-3/h4-5,7-8,15,21H,6,9-14H2,1-3H3. The third-order valence-electron chi connectivity index (χ3n) is 5.84. The van der Waals surface area contributed by atoms with Crippen LogP contribution in [-0.2, 0) is 14.1 Å². The summed E-state index contributed by atoms with van der Waals surface area (Å²) in [6.45, 7) is 1.66. The maximum atomic E-state index is 13.3. The normalized spacial score (nSPS) is 23.9. The molecule has 0 amide bonds. The van der Waals surface area contributed by atoms with E-state index in [0.29, 0.717) is 36.8 Å². The van der Waals surface area contributed by atoms with Gasteiger partial charge in [-0.25, -0.2) is 4.79 Å². The summed E-state index contributed by atoms with van der Waals surface area (Å²) in [6, 6.07) is 8.50. The summed E-state index contributed by atoms with van der Waals surface area (Å²) in [4.78, 5) is 23.7. The van der Waals surface area contributed by atoms with Gasteiger partial charge in [0.25, 0.3) is 5.56 Å². The number of nitrogens with one attached hydrogen (secondary N) is 1. The highest BCUT2D eigenvalue weighted by atomic mass is 16.6. The number of hydrogen-bond acceptors (Lipinski definition) is 6. The van der Waals surface area contributed by atoms with Crippen molar-refractivity contribution in [3.05, 3.63) is 61.6 Å². The van der Waals surface area contributed by atoms with Gasteiger partial charge in [-0.15, -0.1) is 0 Å². The van der Waals surface area contributed by atoms with Gasteiger partial charge in [0.15, 0.2) is 11.4 Å². The number of hydroxylamine groups is 5. The number of ether oxygens (including phenoxy) is 1. The summed E-state index contributed by atoms with van der Waals surface area (Å²) in [7, 11) is 4.55. The van der Waals surface area contributed by atoms with E-state index in [9.17, 15) is 20.0 Å². The van der Waals surface area contributed by atoms with Gasteiger partial charge in [0.1, 0.15) is 32.0 Å². The van der Waals surface area contributed by atoms with Crippen LogP contribution in [-0.4, -0.2) is 60.2 Å². The highest BCUT2D eigenvalue weighted by molar-refractivity contribution is 5.56. The molecule has 1 saturated heterocycles. The molecule has 0 spiro atoms. The number of hydrogen-bond donors (Lipinski definition) is 1. The van der Waals surface area contributed by atoms with Crippen molar-refractivity contribution >= 4 is 11.5 Å². The molecule has 0 unspecified atom stereocenters. The number of anilines is 1. The first kappa shape index (κ1) is 22.0. The van der Waals surface area contributed by atoms with E-state index in [1.54, 1.807) is 25.2 Å². The fourth-order valence-corrected chi connectivity index (χ4v) is 3.83. The molecule has 0 saturated carbocycles. The number of para-hydroxylation sites is 2. The molecule has 1 fully saturated rings. The van der Waals surface area contributed by atoms with E-state index < -0.39 is 15.0 Å². The third kappa shape index (κ3) is 4.41. The SMILES string of the molecule is COc1ccccc1[N+]1([O-])CC[N+]([O-])(CCCNc2cc(=O)n(C)c(=O)n2C)CC1. The highest BCUT2D eigenvalue weighted by Gasteiger charge is 2.35. The first-order valence-corrected chi connectivity index (χ1v) is 9.99. The molecule has 1 aromatic carbocycles. The van der Waals surface area contributed by atoms with Crippen molar-refractivity contribution < 1.29 is 9.38 Å². The molecule has 0 atom stereocenters. The van der Waals surface area contributed by atoms with Gasteiger partial charge >= 0.3 is 5.69 Å². The fraction of sp³-hybridized carbons (Fsp3) is 0.500. The Bertz CT molecular complexity index is 1010. The first-order chi connectivity index (χ1) is 14.2. The molecule has 1 N–H and O–H groups in total. The van der Waals surface area contributed by atoms with Crippen LogP contribution in [0.2, 0.25) is 0 Å². The van der Waals surface area contributed by atoms with Crippen LogP contribution in [0.15, 0.2) is 39.9 Å². The number of rotatable bonds is 7. The summed E-state index contributed by atoms with van der Waals surface area (Å²) < 4.78 is 6.73. The van der Waals surface area contributed by atoms with Gasteiger partial charge in [0.05, 0.1) is 13.7 Å². The van der Waals surface area contributed by atoms with Crippen LogP contribution < -0.4 is 25.9 Å². The van der Waals surface area contributed by atoms with E-state index in [2.05, 4.69) is 5.32 Å². The maximum Gasteiger partial charge on any atom is 0.332 e. The summed E-state index contributed by atoms with van der Waals surface area (Å²) in [6.07, 6.45) is 0.556. The second kappa shape index (κ2) is 8.60. The van der Waals surface area contributed by atoms with Crippen LogP contribution in [0.1, 0.15) is 6.42 Å². The molecule has 30 heavy (non-hydrogen) atoms. The summed E-state index contributed by atoms with van der Waals surface area (Å²) in [5.41, 5.74) is -0.237. The molecule has 10 nitrogen and oxygen atoms in total. The second-order valence-corrected chi connectivity index (χ2v) is 7.79. The fourth-order valence-electron chi connectivity index (χ4n) is 3.83. The Morgan fingerprint density at radius 2 is 1.73 bits per heavy atom. The molecular formula is C20H29N5O5. The van der Waals surface area contributed by atoms with Crippen LogP contribution in [0.25, 0.3) is 0 Å². The van der Waals surface area contributed by atoms with Crippen molar-refractivity contribution in [1.29, 1.82) is 0 Å². The zero-order valence-corrected chi connectivity index (χ0v) is 17.7. The van der Waals surface area contributed by atoms with Gasteiger partial charge in [-0.3, -0.25) is 13.9 Å². The minimum Gasteiger partial charge on any atom is -0.632 e. The summed E-state index contributed by atoms with van der Waals surface area (Å²) in [5, 5.41) is 29.4. The highest BCUT2D eigenvalue weighted by Crippen LogP contribution is 2.34. The molecule has 1 aliphatic rings. The lowest BCUT2D eigenvalue weighted by atomic mass is 10.2. The lowest BCUT2D eigenvalue weighted by Gasteiger charge is -2.54. The number of aromatic nitrogens is 2. The Morgan fingerprint density at radius 1 is 1.07 bits per heavy atom. The molecule has 0 bridgehead atoms. The third-order valence-corrected chi connectivity index (χ3v) is 5.84. The monoisotopic (exact) mass is 419 g/mol. The van der Waals surface area contributed by atoms with Gasteiger partial charge in [-0.1, -0.05) is 12.1 Å². The molecule has 1 aliphatic heterocycles. The summed E-state index contributed by atoms with van der Waals surface area (Å²) in [5.74, 6) is 0.966. The van der Waals surface area contributed by atoms with E-state index in [4.69, 9.17) is 4.74 Å². The molecule has 2 aromatic rings. The number of benzene rings is 1. The van der Waals surface area contributed by atoms with Crippen molar-refractivity contribution in [2.24, 2.45) is 14.1 Å². The van der Waals surface area contributed by atoms with Crippen LogP contribution in [0.4, 0.5) is 11.5 Å². The Hall–Kier alpha value is -2.66. The topological polar surface area (TPSA) is 111 Å². The van der Waals surface area contributed by atoms with Gasteiger partial charge in [-0.05, 0) is 6.07 Å². The van der Waals surface area contributed by atoms with E-state index in [1.807, 2.05) is 6.07 Å². The maximum absolute atomic E-state index is 13.3. The van der Waals surface area contributed by atoms with Gasteiger partial charge in [0, 0.05) is 39.2 Å². The van der Waals surface area contributed by atoms with Crippen molar-refractivity contribution in [3.8, 4) is 5.75 Å². The van der Waals surface area contributed by atoms with Crippen molar-refractivity contribution in [2.75, 3.05) is 51.7 Å². The van der Waals surface area contributed by atoms with E-state index in [0.717, 1.165) is 4.57 Å². The predicted molar refractivity (Wildman–Crippen MR) is 116 cm³/mol. The molecular weight excluding hydrogens is 390 g/mol. The largest absolute Gasteiger partial charge is 0.632 e. The molecule has 0 aliphatic carbocycles. The lowest BCUT2D eigenvalue weighted by molar-refractivity contribution is -0.884. The van der Waals surface area contributed by atoms with Crippen LogP contribution in [0.3, 0.4) is 0 Å². The minimum absolute atomic E-state index is 0.195. The van der Waals surface area contributed by atoms with Crippen LogP contribution >= 0.6 is 0 Å². The number of nitrogens with zero attached hydrogens (tertiary/aromatic N) is 4. The quantitative estimate of drug-likeness (QED) is 0.402. The molecule has 10 heteroatoms. The zero-order valence-electron chi connectivity index (χ0n) is 17.7. The predicted octanol–water partition coefficient (Wildman–Crippen LogP) is 0.728. The van der Waals surface area contributed by atoms with Crippen molar-refractivity contribution in [3.63, 3.8) is 0 Å². The lowest BCUT2D eigenvalue weighted by Crippen LogP contribution is -2.63. The second-order valence-electron chi connectivity index (χ2n) is 7.79. The van der Waals surface area contributed by atoms with E-state index in [-0.39, 0.29) is 31.7 Å². The molecule has 2 heterocycles. The molecule has 3 rings (SSSR count). The van der Waals surface area contributed by atoms with Crippen LogP contribution in [0.5, 0.6) is 5.75 Å². The van der Waals surface area contributed by atoms with E-state index in [1.165, 1.54) is 24.8 Å². The van der Waals surface area contributed by atoms with Gasteiger partial charge in [-0.2, -0.15) is 0 Å². The molecule has 164 valence electrons. The Kier molecular flexibility index (Phi) is 6.32. The molecule has 1 aromatic heterocycles. The number of methoxy groups -OCH3 is 1. The van der Waals surface area contributed by atoms with E-state index >= 15 is 0 Å². The van der Waals surface area contributed by atoms with Crippen molar-refractivity contribution in [2.45, 2.75) is 6.42 Å². The smallest absolute Gasteiger partial charge is 0.332 e. The number of piperazine rings is 1. The first-order valence-electron chi connectivity index (χ1n) is 9.99. The Morgan fingerprint density at radius 3 is 2.40 bits per heavy atom. The van der Waals surface area contributed by atoms with Crippen molar-refractivity contribution in [1.82, 2.24) is 13.8 Å². The Labute approximate surface area is 174 Å². The average molecular weight is 419 g/mol. The van der Waals surface area contributed by atoms with Gasteiger partial charge < -0.3 is 29.8 Å². The van der Waals surface area contributed by atoms with Gasteiger partial charge in [0.2, 0.25) is 0 Å². The average Bonchev–Trinajstić information content (AvgIpc) is 2.75. The minimum atomic E-state index is -0.556. The number of quaternary nitrogens is 2. The zero-order chi connectivity index (χ0) is 21.9.